The Balaban J connectivity index is 2.23. The fraction of sp³-hybridized carbons (Fsp3) is 0.385. The van der Waals surface area contributed by atoms with Crippen molar-refractivity contribution in [1.82, 2.24) is 9.62 Å². The number of nitrogens with zero attached hydrogens (tertiary/aromatic N) is 1. The average Bonchev–Trinajstić information content (AvgIpc) is 2.74. The van der Waals surface area contributed by atoms with E-state index in [1.807, 2.05) is 0 Å². The summed E-state index contributed by atoms with van der Waals surface area (Å²) in [6.45, 7) is 0.302. The number of carbonyl (C=O) groups excluding carboxylic acids is 2. The molecule has 0 aromatic heterocycles. The number of methoxy groups -OCH3 is 1. The van der Waals surface area contributed by atoms with E-state index in [9.17, 15) is 18.0 Å². The first kappa shape index (κ1) is 16.7. The fourth-order valence-electron chi connectivity index (χ4n) is 2.19. The molecule has 0 unspecified atom stereocenters. The van der Waals surface area contributed by atoms with Crippen molar-refractivity contribution < 1.29 is 22.7 Å². The fourth-order valence-corrected chi connectivity index (χ4v) is 3.96. The molecule has 1 heterocycles. The molecule has 1 aromatic carbocycles. The molecule has 0 aliphatic carbocycles. The number of benzene rings is 1. The summed E-state index contributed by atoms with van der Waals surface area (Å²) in [7, 11) is -1.06. The number of carbonyl (C=O) groups is 2. The van der Waals surface area contributed by atoms with Gasteiger partial charge in [0.15, 0.2) is 0 Å². The third-order valence-electron chi connectivity index (χ3n) is 3.31. The zero-order valence-electron chi connectivity index (χ0n) is 12.0. The number of rotatable bonds is 4. The average molecular weight is 347 g/mol. The van der Waals surface area contributed by atoms with E-state index in [-0.39, 0.29) is 27.8 Å². The maximum absolute atomic E-state index is 12.3. The maximum Gasteiger partial charge on any atom is 0.337 e. The van der Waals surface area contributed by atoms with E-state index in [2.05, 4.69) is 9.46 Å². The third-order valence-corrected chi connectivity index (χ3v) is 5.31. The molecule has 1 N–H and O–H groups in total. The smallest absolute Gasteiger partial charge is 0.337 e. The van der Waals surface area contributed by atoms with Crippen LogP contribution in [0.5, 0.6) is 0 Å². The molecule has 0 radical (unpaired) electrons. The van der Waals surface area contributed by atoms with Crippen LogP contribution in [-0.2, 0) is 19.6 Å². The normalized spacial score (nSPS) is 18.6. The first-order chi connectivity index (χ1) is 10.2. The number of halogens is 1. The summed E-state index contributed by atoms with van der Waals surface area (Å²) < 4.78 is 31.7. The topological polar surface area (TPSA) is 92.8 Å². The molecule has 7 nitrogen and oxygen atoms in total. The second-order valence-corrected chi connectivity index (χ2v) is 7.02. The predicted octanol–water partition coefficient (Wildman–Crippen LogP) is 0.636. The minimum absolute atomic E-state index is 0.0897. The van der Waals surface area contributed by atoms with Gasteiger partial charge in [-0.1, -0.05) is 11.6 Å². The number of likely N-dealkylation sites (tertiary alicyclic amines) is 1. The minimum atomic E-state index is -3.88. The van der Waals surface area contributed by atoms with E-state index in [4.69, 9.17) is 11.6 Å². The Morgan fingerprint density at radius 2 is 2.14 bits per heavy atom. The number of hydrogen-bond acceptors (Lipinski definition) is 5. The van der Waals surface area contributed by atoms with E-state index in [0.29, 0.717) is 6.54 Å². The van der Waals surface area contributed by atoms with Gasteiger partial charge in [0.1, 0.15) is 4.90 Å². The van der Waals surface area contributed by atoms with Crippen LogP contribution in [0, 0.1) is 0 Å². The van der Waals surface area contributed by atoms with Crippen LogP contribution in [0.2, 0.25) is 5.02 Å². The van der Waals surface area contributed by atoms with E-state index in [1.165, 1.54) is 30.2 Å². The molecule has 0 bridgehead atoms. The molecule has 0 saturated carbocycles. The summed E-state index contributed by atoms with van der Waals surface area (Å²) in [5, 5.41) is -0.0897. The Morgan fingerprint density at radius 3 is 2.64 bits per heavy atom. The molecule has 22 heavy (non-hydrogen) atoms. The molecular formula is C13H15ClN2O5S. The second kappa shape index (κ2) is 6.23. The lowest BCUT2D eigenvalue weighted by molar-refractivity contribution is -0.126. The van der Waals surface area contributed by atoms with Gasteiger partial charge in [0.2, 0.25) is 15.9 Å². The highest BCUT2D eigenvalue weighted by atomic mass is 35.5. The number of sulfonamides is 1. The van der Waals surface area contributed by atoms with Gasteiger partial charge >= 0.3 is 5.97 Å². The highest BCUT2D eigenvalue weighted by Crippen LogP contribution is 2.24. The van der Waals surface area contributed by atoms with E-state index in [1.54, 1.807) is 7.05 Å². The predicted molar refractivity (Wildman–Crippen MR) is 79.2 cm³/mol. The maximum atomic E-state index is 12.3. The van der Waals surface area contributed by atoms with Crippen LogP contribution in [0.15, 0.2) is 23.1 Å². The molecule has 1 saturated heterocycles. The first-order valence-electron chi connectivity index (χ1n) is 6.38. The Bertz CT molecular complexity index is 719. The van der Waals surface area contributed by atoms with Gasteiger partial charge in [-0.15, -0.1) is 0 Å². The van der Waals surface area contributed by atoms with E-state index < -0.39 is 22.0 Å². The highest BCUT2D eigenvalue weighted by molar-refractivity contribution is 7.89. The number of nitrogens with one attached hydrogen (secondary N) is 1. The van der Waals surface area contributed by atoms with Crippen LogP contribution in [0.4, 0.5) is 0 Å². The van der Waals surface area contributed by atoms with Crippen molar-refractivity contribution in [1.29, 1.82) is 0 Å². The van der Waals surface area contributed by atoms with Gasteiger partial charge in [-0.3, -0.25) is 4.79 Å². The van der Waals surface area contributed by atoms with Crippen LogP contribution in [-0.4, -0.2) is 51.9 Å². The first-order valence-corrected chi connectivity index (χ1v) is 8.25. The largest absolute Gasteiger partial charge is 0.465 e. The van der Waals surface area contributed by atoms with Gasteiger partial charge in [-0.05, 0) is 18.2 Å². The van der Waals surface area contributed by atoms with Crippen molar-refractivity contribution in [2.24, 2.45) is 0 Å². The zero-order valence-corrected chi connectivity index (χ0v) is 13.6. The standard InChI is InChI=1S/C13H15ClN2O5S/c1-16-7-9(6-12(16)17)15-22(19,20)11-4-3-8(5-10(11)14)13(18)21-2/h3-5,9,15H,6-7H2,1-2H3/t9-/m0/s1. The van der Waals surface area contributed by atoms with Crippen molar-refractivity contribution in [3.05, 3.63) is 28.8 Å². The highest BCUT2D eigenvalue weighted by Gasteiger charge is 2.31. The Kier molecular flexibility index (Phi) is 4.74. The lowest BCUT2D eigenvalue weighted by Crippen LogP contribution is -2.36. The zero-order chi connectivity index (χ0) is 16.5. The Labute approximate surface area is 133 Å². The minimum Gasteiger partial charge on any atom is -0.465 e. The van der Waals surface area contributed by atoms with Crippen molar-refractivity contribution in [3.63, 3.8) is 0 Å². The second-order valence-electron chi connectivity index (χ2n) is 4.93. The molecule has 1 aliphatic rings. The molecule has 1 fully saturated rings. The molecule has 1 aliphatic heterocycles. The van der Waals surface area contributed by atoms with Crippen LogP contribution in [0.1, 0.15) is 16.8 Å². The van der Waals surface area contributed by atoms with Gasteiger partial charge in [0.05, 0.1) is 17.7 Å². The summed E-state index contributed by atoms with van der Waals surface area (Å²) in [4.78, 5) is 24.1. The van der Waals surface area contributed by atoms with Crippen molar-refractivity contribution in [3.8, 4) is 0 Å². The molecule has 1 atom stereocenters. The van der Waals surface area contributed by atoms with Crippen molar-refractivity contribution in [2.45, 2.75) is 17.4 Å². The van der Waals surface area contributed by atoms with Crippen LogP contribution >= 0.6 is 11.6 Å². The number of likely N-dealkylation sites (N-methyl/N-ethyl adjacent to an activating group) is 1. The van der Waals surface area contributed by atoms with Gasteiger partial charge < -0.3 is 9.64 Å². The SMILES string of the molecule is COC(=O)c1ccc(S(=O)(=O)N[C@H]2CC(=O)N(C)C2)c(Cl)c1. The van der Waals surface area contributed by atoms with Crippen LogP contribution in [0.3, 0.4) is 0 Å². The summed E-state index contributed by atoms with van der Waals surface area (Å²) in [6, 6.07) is 3.28. The monoisotopic (exact) mass is 346 g/mol. The third kappa shape index (κ3) is 3.40. The summed E-state index contributed by atoms with van der Waals surface area (Å²) >= 11 is 5.95. The summed E-state index contributed by atoms with van der Waals surface area (Å²) in [5.74, 6) is -0.735. The van der Waals surface area contributed by atoms with Crippen LogP contribution < -0.4 is 4.72 Å². The van der Waals surface area contributed by atoms with Gasteiger partial charge in [-0.2, -0.15) is 0 Å². The Morgan fingerprint density at radius 1 is 1.45 bits per heavy atom. The van der Waals surface area contributed by atoms with Gasteiger partial charge in [-0.25, -0.2) is 17.9 Å². The molecular weight excluding hydrogens is 332 g/mol. The molecule has 9 heteroatoms. The number of hydrogen-bond donors (Lipinski definition) is 1. The molecule has 1 aromatic rings. The lowest BCUT2D eigenvalue weighted by atomic mass is 10.2. The van der Waals surface area contributed by atoms with Crippen molar-refractivity contribution >= 4 is 33.5 Å². The quantitative estimate of drug-likeness (QED) is 0.807. The number of esters is 1. The Hall–Kier alpha value is -1.64. The molecule has 2 rings (SSSR count). The molecule has 120 valence electrons. The van der Waals surface area contributed by atoms with Crippen molar-refractivity contribution in [2.75, 3.05) is 20.7 Å². The van der Waals surface area contributed by atoms with E-state index >= 15 is 0 Å². The number of amides is 1. The molecule has 1 amide bonds. The van der Waals surface area contributed by atoms with E-state index in [0.717, 1.165) is 0 Å². The summed E-state index contributed by atoms with van der Waals surface area (Å²) in [6.07, 6.45) is 0.105. The summed E-state index contributed by atoms with van der Waals surface area (Å²) in [5.41, 5.74) is 0.155. The van der Waals surface area contributed by atoms with Gasteiger partial charge in [0, 0.05) is 26.1 Å². The van der Waals surface area contributed by atoms with Crippen LogP contribution in [0.25, 0.3) is 0 Å². The molecule has 0 spiro atoms. The number of ether oxygens (including phenoxy) is 1. The van der Waals surface area contributed by atoms with Gasteiger partial charge in [0.25, 0.3) is 0 Å². The lowest BCUT2D eigenvalue weighted by Gasteiger charge is -2.14.